The molecule has 3 N–H and O–H groups in total. The zero-order valence-corrected chi connectivity index (χ0v) is 25.3. The van der Waals surface area contributed by atoms with E-state index in [2.05, 4.69) is 29.1 Å². The van der Waals surface area contributed by atoms with Gasteiger partial charge in [-0.1, -0.05) is 44.6 Å². The summed E-state index contributed by atoms with van der Waals surface area (Å²) in [6.45, 7) is 10.8. The molecule has 3 fully saturated rings. The molecule has 10 heteroatoms. The molecule has 0 bridgehead atoms. The number of allylic oxidation sites excluding steroid dienone is 2. The van der Waals surface area contributed by atoms with E-state index in [1.54, 1.807) is 13.3 Å². The summed E-state index contributed by atoms with van der Waals surface area (Å²) in [5.41, 5.74) is 2.33. The van der Waals surface area contributed by atoms with Gasteiger partial charge in [0.05, 0.1) is 23.1 Å². The molecule has 2 heterocycles. The third kappa shape index (κ3) is 7.70. The number of amides is 3. The van der Waals surface area contributed by atoms with E-state index in [0.29, 0.717) is 6.54 Å². The summed E-state index contributed by atoms with van der Waals surface area (Å²) in [6, 6.07) is -0.296. The van der Waals surface area contributed by atoms with Crippen LogP contribution >= 0.6 is 0 Å². The van der Waals surface area contributed by atoms with Crippen LogP contribution in [0.1, 0.15) is 71.1 Å². The number of fused-ring (bicyclic) bond motifs is 1. The fourth-order valence-electron chi connectivity index (χ4n) is 6.75. The van der Waals surface area contributed by atoms with Crippen molar-refractivity contribution in [2.45, 2.75) is 101 Å². The smallest absolute Gasteiger partial charge is 0.245 e. The predicted molar refractivity (Wildman–Crippen MR) is 161 cm³/mol. The molecule has 2 aliphatic carbocycles. The number of rotatable bonds is 10. The van der Waals surface area contributed by atoms with Crippen molar-refractivity contribution in [3.63, 3.8) is 0 Å². The topological polar surface area (TPSA) is 111 Å². The highest BCUT2D eigenvalue weighted by Crippen LogP contribution is 2.35. The van der Waals surface area contributed by atoms with Crippen molar-refractivity contribution >= 4 is 29.2 Å². The molecule has 0 spiro atoms. The van der Waals surface area contributed by atoms with Crippen LogP contribution in [0.2, 0.25) is 0 Å². The van der Waals surface area contributed by atoms with Crippen molar-refractivity contribution in [3.05, 3.63) is 36.5 Å². The van der Waals surface area contributed by atoms with Crippen molar-refractivity contribution in [3.8, 4) is 0 Å². The van der Waals surface area contributed by atoms with Crippen LogP contribution in [0.3, 0.4) is 0 Å². The zero-order chi connectivity index (χ0) is 29.2. The molecule has 0 aromatic rings. The molecule has 2 saturated heterocycles. The van der Waals surface area contributed by atoms with Crippen LogP contribution in [0.25, 0.3) is 0 Å². The van der Waals surface area contributed by atoms with Gasteiger partial charge in [-0.15, -0.1) is 0 Å². The lowest BCUT2D eigenvalue weighted by Gasteiger charge is -2.35. The monoisotopic (exact) mass is 575 g/mol. The van der Waals surface area contributed by atoms with Crippen LogP contribution in [0.15, 0.2) is 36.5 Å². The van der Waals surface area contributed by atoms with Gasteiger partial charge in [-0.25, -0.2) is 8.51 Å². The predicted octanol–water partition coefficient (Wildman–Crippen LogP) is 2.58. The minimum atomic E-state index is -0.994. The van der Waals surface area contributed by atoms with Gasteiger partial charge in [-0.2, -0.15) is 0 Å². The molecule has 40 heavy (non-hydrogen) atoms. The van der Waals surface area contributed by atoms with Crippen molar-refractivity contribution in [2.24, 2.45) is 5.92 Å². The highest BCUT2D eigenvalue weighted by Gasteiger charge is 2.48. The molecule has 4 aliphatic rings. The summed E-state index contributed by atoms with van der Waals surface area (Å²) in [5.74, 6) is 0.172. The minimum absolute atomic E-state index is 0.0646. The Morgan fingerprint density at radius 2 is 1.70 bits per heavy atom. The van der Waals surface area contributed by atoms with Crippen molar-refractivity contribution in [2.75, 3.05) is 26.4 Å². The third-order valence-electron chi connectivity index (χ3n) is 9.07. The van der Waals surface area contributed by atoms with E-state index in [4.69, 9.17) is 0 Å². The maximum absolute atomic E-state index is 13.5. The maximum atomic E-state index is 13.5. The van der Waals surface area contributed by atoms with Crippen molar-refractivity contribution in [1.82, 2.24) is 25.2 Å². The van der Waals surface area contributed by atoms with Crippen LogP contribution in [-0.2, 0) is 25.4 Å². The van der Waals surface area contributed by atoms with Crippen LogP contribution in [-0.4, -0.2) is 88.2 Å². The first-order valence-corrected chi connectivity index (χ1v) is 16.3. The first kappa shape index (κ1) is 32.2. The summed E-state index contributed by atoms with van der Waals surface area (Å²) in [7, 11) is 0.761. The normalized spacial score (nSPS) is 27.5. The molecule has 0 aromatic heterocycles. The Morgan fingerprint density at radius 1 is 1.00 bits per heavy atom. The maximum Gasteiger partial charge on any atom is 0.245 e. The largest absolute Gasteiger partial charge is 0.352 e. The van der Waals surface area contributed by atoms with Gasteiger partial charge >= 0.3 is 0 Å². The van der Waals surface area contributed by atoms with E-state index >= 15 is 0 Å². The van der Waals surface area contributed by atoms with Crippen molar-refractivity contribution in [1.29, 1.82) is 0 Å². The van der Waals surface area contributed by atoms with E-state index in [1.165, 1.54) is 12.0 Å². The Labute approximate surface area is 242 Å². The number of hydrogen-bond donors (Lipinski definition) is 3. The Hall–Kier alpha value is -2.30. The van der Waals surface area contributed by atoms with Gasteiger partial charge in [0.25, 0.3) is 0 Å². The molecule has 3 amide bonds. The van der Waals surface area contributed by atoms with Gasteiger partial charge in [0.2, 0.25) is 18.2 Å². The number of carbonyl (C=O) groups excluding carboxylic acids is 3. The zero-order valence-electron chi connectivity index (χ0n) is 24.5. The number of likely N-dealkylation sites (N-methyl/N-ethyl adjacent to an activating group) is 1. The average Bonchev–Trinajstić information content (AvgIpc) is 3.58. The van der Waals surface area contributed by atoms with Gasteiger partial charge in [-0.05, 0) is 76.0 Å². The van der Waals surface area contributed by atoms with Gasteiger partial charge in [0, 0.05) is 31.4 Å². The van der Waals surface area contributed by atoms with Gasteiger partial charge in [0.1, 0.15) is 6.04 Å². The Bertz CT molecular complexity index is 979. The van der Waals surface area contributed by atoms with E-state index in [1.807, 2.05) is 28.3 Å². The van der Waals surface area contributed by atoms with Crippen molar-refractivity contribution < 1.29 is 18.6 Å². The summed E-state index contributed by atoms with van der Waals surface area (Å²) < 4.78 is 14.0. The lowest BCUT2D eigenvalue weighted by molar-refractivity contribution is -0.139. The Balaban J connectivity index is 0.000000285. The van der Waals surface area contributed by atoms with Gasteiger partial charge in [0.15, 0.2) is 0 Å². The molecule has 4 rings (SSSR count). The van der Waals surface area contributed by atoms with E-state index in [-0.39, 0.29) is 41.9 Å². The van der Waals surface area contributed by atoms with E-state index < -0.39 is 17.0 Å². The molecule has 9 nitrogen and oxygen atoms in total. The second-order valence-corrected chi connectivity index (χ2v) is 12.6. The highest BCUT2D eigenvalue weighted by molar-refractivity contribution is 7.81. The highest BCUT2D eigenvalue weighted by atomic mass is 32.2. The number of likely N-dealkylation sites (tertiary alicyclic amines) is 1. The molecule has 2 aliphatic heterocycles. The van der Waals surface area contributed by atoms with Gasteiger partial charge in [-0.3, -0.25) is 14.4 Å². The summed E-state index contributed by atoms with van der Waals surface area (Å²) in [4.78, 5) is 38.3. The standard InChI is InChI=1S/C19H34N4O3S.C11H15NO/c1-13(20-2)18(24)21-17(14-7-5-4-6-8-14)19(25)22-11-9-16-15(22)10-12-23(16)27(3)26;1-3-9-6-5-7-11(12-8-13)10(9)4-2/h13-17,20H,4-12H2,1-3H3,(H,21,24);3-4,8,11H,1-2,5-7H2,(H,12,13)/t13-,15?,16?,17?,27?;/m0./s1. The summed E-state index contributed by atoms with van der Waals surface area (Å²) in [5, 5.41) is 8.81. The third-order valence-corrected chi connectivity index (χ3v) is 10.2. The quantitative estimate of drug-likeness (QED) is 0.347. The summed E-state index contributed by atoms with van der Waals surface area (Å²) in [6.07, 6.45) is 16.5. The fourth-order valence-corrected chi connectivity index (χ4v) is 7.73. The van der Waals surface area contributed by atoms with Crippen LogP contribution < -0.4 is 16.0 Å². The van der Waals surface area contributed by atoms with Gasteiger partial charge < -0.3 is 20.9 Å². The molecule has 6 atom stereocenters. The second kappa shape index (κ2) is 15.6. The Kier molecular flexibility index (Phi) is 12.6. The lowest BCUT2D eigenvalue weighted by atomic mass is 9.83. The molecular formula is C30H49N5O4S. The molecular weight excluding hydrogens is 526 g/mol. The molecule has 0 radical (unpaired) electrons. The number of hydrogen-bond acceptors (Lipinski definition) is 5. The van der Waals surface area contributed by atoms with E-state index in [9.17, 15) is 18.6 Å². The first-order valence-electron chi connectivity index (χ1n) is 14.8. The number of nitrogens with zero attached hydrogens (tertiary/aromatic N) is 2. The molecule has 0 aromatic carbocycles. The minimum Gasteiger partial charge on any atom is -0.352 e. The lowest BCUT2D eigenvalue weighted by Crippen LogP contribution is -2.56. The molecule has 224 valence electrons. The summed E-state index contributed by atoms with van der Waals surface area (Å²) >= 11 is 0. The SMILES string of the molecule is C=CC1=C(C=C)C(NC=O)CCC1.CN[C@@H](C)C(=O)NC(C(=O)N1CCC2C1CCN2S(C)=O)C1CCCCC1. The molecule has 5 unspecified atom stereocenters. The average molecular weight is 576 g/mol. The molecule has 1 saturated carbocycles. The number of nitrogens with one attached hydrogen (secondary N) is 3. The fraction of sp³-hybridized carbons (Fsp3) is 0.700. The second-order valence-electron chi connectivity index (χ2n) is 11.3. The number of carbonyl (C=O) groups is 3. The van der Waals surface area contributed by atoms with Crippen LogP contribution in [0.5, 0.6) is 0 Å². The van der Waals surface area contributed by atoms with E-state index in [0.717, 1.165) is 76.3 Å². The van der Waals surface area contributed by atoms with Crippen LogP contribution in [0.4, 0.5) is 0 Å². The first-order chi connectivity index (χ1) is 19.3. The van der Waals surface area contributed by atoms with Crippen LogP contribution in [0, 0.1) is 5.92 Å². The Morgan fingerprint density at radius 3 is 2.30 bits per heavy atom.